The minimum atomic E-state index is -1.15. The van der Waals surface area contributed by atoms with Crippen LogP contribution in [0.4, 0.5) is 0 Å². The SMILES string of the molecule is Cc1cc(C(=O)N(CCC(=O)[O-])CC(C)C)c(C)o1. The van der Waals surface area contributed by atoms with Gasteiger partial charge in [0.15, 0.2) is 0 Å². The highest BCUT2D eigenvalue weighted by molar-refractivity contribution is 5.95. The highest BCUT2D eigenvalue weighted by atomic mass is 16.4. The number of amides is 1. The van der Waals surface area contributed by atoms with Gasteiger partial charge in [0.2, 0.25) is 0 Å². The molecule has 0 saturated heterocycles. The summed E-state index contributed by atoms with van der Waals surface area (Å²) in [4.78, 5) is 24.5. The first-order valence-electron chi connectivity index (χ1n) is 6.37. The molecule has 0 bridgehead atoms. The molecular weight excluding hydrogens is 246 g/mol. The Kier molecular flexibility index (Phi) is 5.15. The van der Waals surface area contributed by atoms with E-state index >= 15 is 0 Å². The Hall–Kier alpha value is -1.78. The highest BCUT2D eigenvalue weighted by Gasteiger charge is 2.20. The first-order valence-corrected chi connectivity index (χ1v) is 6.37. The Morgan fingerprint density at radius 1 is 1.37 bits per heavy atom. The van der Waals surface area contributed by atoms with Crippen LogP contribution in [-0.4, -0.2) is 29.9 Å². The molecule has 1 heterocycles. The number of carbonyl (C=O) groups excluding carboxylic acids is 2. The van der Waals surface area contributed by atoms with E-state index in [0.717, 1.165) is 0 Å². The van der Waals surface area contributed by atoms with E-state index in [-0.39, 0.29) is 24.8 Å². The molecular formula is C14H20NO4-. The zero-order valence-electron chi connectivity index (χ0n) is 11.9. The summed E-state index contributed by atoms with van der Waals surface area (Å²) in [5, 5.41) is 10.6. The van der Waals surface area contributed by atoms with Crippen molar-refractivity contribution >= 4 is 11.9 Å². The quantitative estimate of drug-likeness (QED) is 0.773. The average Bonchev–Trinajstić information content (AvgIpc) is 2.62. The summed E-state index contributed by atoms with van der Waals surface area (Å²) in [6.45, 7) is 8.13. The molecule has 0 aliphatic rings. The predicted molar refractivity (Wildman–Crippen MR) is 68.5 cm³/mol. The minimum Gasteiger partial charge on any atom is -0.550 e. The van der Waals surface area contributed by atoms with E-state index in [1.54, 1.807) is 19.9 Å². The number of carboxylic acid groups (broad SMARTS) is 1. The van der Waals surface area contributed by atoms with Crippen molar-refractivity contribution in [1.29, 1.82) is 0 Å². The lowest BCUT2D eigenvalue weighted by Crippen LogP contribution is -2.38. The van der Waals surface area contributed by atoms with Crippen molar-refractivity contribution in [3.63, 3.8) is 0 Å². The molecule has 0 spiro atoms. The predicted octanol–water partition coefficient (Wildman–Crippen LogP) is 1.13. The van der Waals surface area contributed by atoms with Crippen LogP contribution in [0.25, 0.3) is 0 Å². The van der Waals surface area contributed by atoms with Crippen molar-refractivity contribution in [2.24, 2.45) is 5.92 Å². The monoisotopic (exact) mass is 266 g/mol. The number of hydrogen-bond acceptors (Lipinski definition) is 4. The van der Waals surface area contributed by atoms with Crippen molar-refractivity contribution in [2.45, 2.75) is 34.1 Å². The van der Waals surface area contributed by atoms with Crippen molar-refractivity contribution in [3.8, 4) is 0 Å². The van der Waals surface area contributed by atoms with E-state index in [1.165, 1.54) is 4.90 Å². The molecule has 1 aromatic rings. The molecule has 0 aliphatic heterocycles. The molecule has 0 saturated carbocycles. The molecule has 0 aromatic carbocycles. The molecule has 0 unspecified atom stereocenters. The van der Waals surface area contributed by atoms with Crippen LogP contribution in [0.5, 0.6) is 0 Å². The van der Waals surface area contributed by atoms with Crippen LogP contribution in [0.1, 0.15) is 42.1 Å². The van der Waals surface area contributed by atoms with Gasteiger partial charge in [-0.2, -0.15) is 0 Å². The van der Waals surface area contributed by atoms with E-state index in [9.17, 15) is 14.7 Å². The number of rotatable bonds is 6. The Balaban J connectivity index is 2.86. The molecule has 0 atom stereocenters. The second-order valence-corrected chi connectivity index (χ2v) is 5.09. The lowest BCUT2D eigenvalue weighted by molar-refractivity contribution is -0.305. The maximum Gasteiger partial charge on any atom is 0.257 e. The summed E-state index contributed by atoms with van der Waals surface area (Å²) in [6.07, 6.45) is -0.158. The maximum atomic E-state index is 12.4. The number of aliphatic carboxylic acids is 1. The van der Waals surface area contributed by atoms with Gasteiger partial charge in [-0.1, -0.05) is 13.8 Å². The first kappa shape index (κ1) is 15.3. The van der Waals surface area contributed by atoms with Gasteiger partial charge >= 0.3 is 0 Å². The molecule has 106 valence electrons. The van der Waals surface area contributed by atoms with Crippen LogP contribution in [-0.2, 0) is 4.79 Å². The molecule has 5 heteroatoms. The Morgan fingerprint density at radius 2 is 2.00 bits per heavy atom. The average molecular weight is 266 g/mol. The van der Waals surface area contributed by atoms with Gasteiger partial charge in [-0.05, 0) is 25.8 Å². The molecule has 1 rings (SSSR count). The molecule has 0 N–H and O–H groups in total. The molecule has 0 aliphatic carbocycles. The fraction of sp³-hybridized carbons (Fsp3) is 0.571. The molecule has 0 radical (unpaired) electrons. The van der Waals surface area contributed by atoms with Crippen LogP contribution in [0.3, 0.4) is 0 Å². The van der Waals surface area contributed by atoms with Crippen LogP contribution >= 0.6 is 0 Å². The van der Waals surface area contributed by atoms with Gasteiger partial charge < -0.3 is 19.2 Å². The number of carbonyl (C=O) groups is 2. The zero-order valence-corrected chi connectivity index (χ0v) is 11.9. The smallest absolute Gasteiger partial charge is 0.257 e. The standard InChI is InChI=1S/C14H21NO4/c1-9(2)8-15(6-5-13(16)17)14(18)12-7-10(3)19-11(12)4/h7,9H,5-6,8H2,1-4H3,(H,16,17)/p-1. The summed E-state index contributed by atoms with van der Waals surface area (Å²) in [5.74, 6) is 0.153. The fourth-order valence-electron chi connectivity index (χ4n) is 1.96. The number of hydrogen-bond donors (Lipinski definition) is 0. The van der Waals surface area contributed by atoms with Gasteiger partial charge in [0.1, 0.15) is 11.5 Å². The largest absolute Gasteiger partial charge is 0.550 e. The van der Waals surface area contributed by atoms with Gasteiger partial charge in [0, 0.05) is 25.5 Å². The van der Waals surface area contributed by atoms with Crippen molar-refractivity contribution in [2.75, 3.05) is 13.1 Å². The molecule has 19 heavy (non-hydrogen) atoms. The minimum absolute atomic E-state index is 0.156. The van der Waals surface area contributed by atoms with Gasteiger partial charge in [0.25, 0.3) is 5.91 Å². The molecule has 1 aromatic heterocycles. The zero-order chi connectivity index (χ0) is 14.6. The maximum absolute atomic E-state index is 12.4. The number of furan rings is 1. The summed E-state index contributed by atoms with van der Waals surface area (Å²) in [6, 6.07) is 1.68. The molecule has 5 nitrogen and oxygen atoms in total. The second-order valence-electron chi connectivity index (χ2n) is 5.09. The first-order chi connectivity index (χ1) is 8.81. The van der Waals surface area contributed by atoms with Crippen LogP contribution < -0.4 is 5.11 Å². The lowest BCUT2D eigenvalue weighted by atomic mass is 10.1. The third kappa shape index (κ3) is 4.43. The normalized spacial score (nSPS) is 10.8. The van der Waals surface area contributed by atoms with Crippen molar-refractivity contribution in [1.82, 2.24) is 4.90 Å². The van der Waals surface area contributed by atoms with E-state index in [0.29, 0.717) is 23.6 Å². The van der Waals surface area contributed by atoms with Crippen LogP contribution in [0.2, 0.25) is 0 Å². The van der Waals surface area contributed by atoms with Crippen LogP contribution in [0.15, 0.2) is 10.5 Å². The van der Waals surface area contributed by atoms with Crippen LogP contribution in [0, 0.1) is 19.8 Å². The van der Waals surface area contributed by atoms with E-state index in [1.807, 2.05) is 13.8 Å². The Labute approximate surface area is 113 Å². The fourth-order valence-corrected chi connectivity index (χ4v) is 1.96. The third-order valence-corrected chi connectivity index (χ3v) is 2.73. The van der Waals surface area contributed by atoms with Gasteiger partial charge in [-0.25, -0.2) is 0 Å². The topological polar surface area (TPSA) is 73.6 Å². The van der Waals surface area contributed by atoms with Gasteiger partial charge in [-0.3, -0.25) is 4.79 Å². The number of aryl methyl sites for hydroxylation is 2. The Morgan fingerprint density at radius 3 is 2.42 bits per heavy atom. The van der Waals surface area contributed by atoms with Crippen molar-refractivity contribution in [3.05, 3.63) is 23.2 Å². The second kappa shape index (κ2) is 6.41. The highest BCUT2D eigenvalue weighted by Crippen LogP contribution is 2.17. The third-order valence-electron chi connectivity index (χ3n) is 2.73. The molecule has 1 amide bonds. The molecule has 0 fully saturated rings. The van der Waals surface area contributed by atoms with E-state index in [2.05, 4.69) is 0 Å². The Bertz CT molecular complexity index is 462. The summed E-state index contributed by atoms with van der Waals surface area (Å²) in [7, 11) is 0. The summed E-state index contributed by atoms with van der Waals surface area (Å²) < 4.78 is 5.34. The van der Waals surface area contributed by atoms with Gasteiger partial charge in [0.05, 0.1) is 5.56 Å². The summed E-state index contributed by atoms with van der Waals surface area (Å²) in [5.41, 5.74) is 0.497. The van der Waals surface area contributed by atoms with Crippen molar-refractivity contribution < 1.29 is 19.1 Å². The van der Waals surface area contributed by atoms with Gasteiger partial charge in [-0.15, -0.1) is 0 Å². The number of carboxylic acids is 1. The van der Waals surface area contributed by atoms with E-state index < -0.39 is 5.97 Å². The lowest BCUT2D eigenvalue weighted by Gasteiger charge is -2.24. The van der Waals surface area contributed by atoms with E-state index in [4.69, 9.17) is 4.42 Å². The summed E-state index contributed by atoms with van der Waals surface area (Å²) >= 11 is 0. The number of nitrogens with zero attached hydrogens (tertiary/aromatic N) is 1.